The Morgan fingerprint density at radius 1 is 1.56 bits per heavy atom. The van der Waals surface area contributed by atoms with E-state index < -0.39 is 0 Å². The number of nitrogens with one attached hydrogen (secondary N) is 1. The van der Waals surface area contributed by atoms with Crippen LogP contribution in [0.15, 0.2) is 28.9 Å². The lowest BCUT2D eigenvalue weighted by Crippen LogP contribution is -2.25. The summed E-state index contributed by atoms with van der Waals surface area (Å²) < 4.78 is 0. The summed E-state index contributed by atoms with van der Waals surface area (Å²) in [5.74, 6) is 0. The van der Waals surface area contributed by atoms with Crippen LogP contribution in [-0.4, -0.2) is 18.8 Å². The summed E-state index contributed by atoms with van der Waals surface area (Å²) in [6.45, 7) is 1.90. The molecule has 0 amide bonds. The summed E-state index contributed by atoms with van der Waals surface area (Å²) in [4.78, 5) is 4.29. The van der Waals surface area contributed by atoms with Crippen LogP contribution >= 0.6 is 0 Å². The molecule has 0 aromatic heterocycles. The standard InChI is InChI=1S/C7H8N2/c1-2-6-7(3-1)9-5-4-8-6/h1-3,8H,4-5H2. The van der Waals surface area contributed by atoms with Gasteiger partial charge in [0, 0.05) is 6.54 Å². The molecule has 0 radical (unpaired) electrons. The molecule has 0 unspecified atom stereocenters. The van der Waals surface area contributed by atoms with Crippen molar-refractivity contribution in [3.8, 4) is 0 Å². The number of fused-ring (bicyclic) bond motifs is 1. The van der Waals surface area contributed by atoms with Crippen molar-refractivity contribution in [2.24, 2.45) is 4.99 Å². The predicted octanol–water partition coefficient (Wildman–Crippen LogP) is 0.484. The molecule has 9 heavy (non-hydrogen) atoms. The molecular formula is C7H8N2. The molecule has 0 saturated carbocycles. The van der Waals surface area contributed by atoms with Crippen molar-refractivity contribution >= 4 is 5.71 Å². The topological polar surface area (TPSA) is 24.4 Å². The average molecular weight is 120 g/mol. The van der Waals surface area contributed by atoms with Gasteiger partial charge in [-0.2, -0.15) is 0 Å². The fourth-order valence-electron chi connectivity index (χ4n) is 1.06. The van der Waals surface area contributed by atoms with Crippen LogP contribution in [-0.2, 0) is 0 Å². The van der Waals surface area contributed by atoms with Crippen molar-refractivity contribution in [1.29, 1.82) is 0 Å². The predicted molar refractivity (Wildman–Crippen MR) is 37.5 cm³/mol. The van der Waals surface area contributed by atoms with Crippen LogP contribution in [0.5, 0.6) is 0 Å². The number of nitrogens with zero attached hydrogens (tertiary/aromatic N) is 1. The second kappa shape index (κ2) is 1.72. The molecule has 0 aromatic rings. The molecule has 0 spiro atoms. The van der Waals surface area contributed by atoms with Gasteiger partial charge in [0.25, 0.3) is 0 Å². The molecule has 1 N–H and O–H groups in total. The summed E-state index contributed by atoms with van der Waals surface area (Å²) in [5, 5.41) is 3.25. The zero-order valence-electron chi connectivity index (χ0n) is 5.09. The molecule has 1 heterocycles. The van der Waals surface area contributed by atoms with Crippen LogP contribution in [0.4, 0.5) is 0 Å². The number of hydrogen-bond donors (Lipinski definition) is 1. The van der Waals surface area contributed by atoms with Crippen molar-refractivity contribution in [2.75, 3.05) is 13.1 Å². The molecular weight excluding hydrogens is 112 g/mol. The van der Waals surface area contributed by atoms with Crippen molar-refractivity contribution in [3.63, 3.8) is 0 Å². The van der Waals surface area contributed by atoms with Gasteiger partial charge < -0.3 is 5.32 Å². The van der Waals surface area contributed by atoms with Gasteiger partial charge in [-0.3, -0.25) is 4.99 Å². The van der Waals surface area contributed by atoms with Crippen LogP contribution in [0.3, 0.4) is 0 Å². The van der Waals surface area contributed by atoms with Crippen molar-refractivity contribution < 1.29 is 0 Å². The van der Waals surface area contributed by atoms with E-state index in [1.165, 1.54) is 5.70 Å². The van der Waals surface area contributed by atoms with Crippen molar-refractivity contribution in [3.05, 3.63) is 23.9 Å². The van der Waals surface area contributed by atoms with Gasteiger partial charge in [0.1, 0.15) is 0 Å². The lowest BCUT2D eigenvalue weighted by atomic mass is 10.3. The first-order valence-electron chi connectivity index (χ1n) is 3.14. The van der Waals surface area contributed by atoms with E-state index in [-0.39, 0.29) is 0 Å². The van der Waals surface area contributed by atoms with Gasteiger partial charge in [-0.25, -0.2) is 0 Å². The number of allylic oxidation sites excluding steroid dienone is 3. The minimum atomic E-state index is 0.914. The van der Waals surface area contributed by atoms with Crippen LogP contribution in [0, 0.1) is 0 Å². The van der Waals surface area contributed by atoms with E-state index in [4.69, 9.17) is 0 Å². The third-order valence-electron chi connectivity index (χ3n) is 1.50. The zero-order chi connectivity index (χ0) is 6.10. The van der Waals surface area contributed by atoms with E-state index in [0.29, 0.717) is 0 Å². The Kier molecular flexibility index (Phi) is 0.918. The van der Waals surface area contributed by atoms with Crippen LogP contribution in [0.1, 0.15) is 0 Å². The maximum absolute atomic E-state index is 4.29. The van der Waals surface area contributed by atoms with Gasteiger partial charge in [-0.05, 0) is 12.2 Å². The first-order valence-corrected chi connectivity index (χ1v) is 3.14. The van der Waals surface area contributed by atoms with Gasteiger partial charge in [0.15, 0.2) is 0 Å². The molecule has 2 aliphatic rings. The Morgan fingerprint density at radius 3 is 3.44 bits per heavy atom. The second-order valence-electron chi connectivity index (χ2n) is 2.13. The van der Waals surface area contributed by atoms with Gasteiger partial charge in [-0.1, -0.05) is 6.08 Å². The molecule has 0 saturated heterocycles. The minimum Gasteiger partial charge on any atom is -0.381 e. The summed E-state index contributed by atoms with van der Waals surface area (Å²) in [6, 6.07) is 0. The maximum Gasteiger partial charge on any atom is 0.0806 e. The lowest BCUT2D eigenvalue weighted by Gasteiger charge is -2.11. The summed E-state index contributed by atoms with van der Waals surface area (Å²) in [7, 11) is 0. The maximum atomic E-state index is 4.29. The number of rotatable bonds is 0. The zero-order valence-corrected chi connectivity index (χ0v) is 5.09. The highest BCUT2D eigenvalue weighted by molar-refractivity contribution is 6.10. The first-order chi connectivity index (χ1) is 4.47. The molecule has 0 bridgehead atoms. The summed E-state index contributed by atoms with van der Waals surface area (Å²) >= 11 is 0. The highest BCUT2D eigenvalue weighted by atomic mass is 15.0. The smallest absolute Gasteiger partial charge is 0.0806 e. The normalized spacial score (nSPS) is 22.2. The molecule has 0 fully saturated rings. The molecule has 1 aliphatic carbocycles. The van der Waals surface area contributed by atoms with E-state index in [9.17, 15) is 0 Å². The van der Waals surface area contributed by atoms with E-state index in [0.717, 1.165) is 18.8 Å². The van der Waals surface area contributed by atoms with E-state index in [1.54, 1.807) is 0 Å². The number of hydrogen-bond acceptors (Lipinski definition) is 2. The van der Waals surface area contributed by atoms with Crippen LogP contribution < -0.4 is 5.32 Å². The monoisotopic (exact) mass is 120 g/mol. The Hall–Kier alpha value is -1.05. The van der Waals surface area contributed by atoms with Crippen molar-refractivity contribution in [2.45, 2.75) is 0 Å². The molecule has 1 aliphatic heterocycles. The van der Waals surface area contributed by atoms with Gasteiger partial charge in [-0.15, -0.1) is 0 Å². The largest absolute Gasteiger partial charge is 0.381 e. The molecule has 0 atom stereocenters. The third kappa shape index (κ3) is 0.669. The van der Waals surface area contributed by atoms with Crippen molar-refractivity contribution in [1.82, 2.24) is 5.32 Å². The Labute approximate surface area is 54.0 Å². The molecule has 2 nitrogen and oxygen atoms in total. The van der Waals surface area contributed by atoms with Gasteiger partial charge in [0.05, 0.1) is 18.0 Å². The fourth-order valence-corrected chi connectivity index (χ4v) is 1.06. The summed E-state index contributed by atoms with van der Waals surface area (Å²) in [5.41, 5.74) is 2.29. The van der Waals surface area contributed by atoms with E-state index in [2.05, 4.69) is 16.4 Å². The van der Waals surface area contributed by atoms with Gasteiger partial charge in [0.2, 0.25) is 0 Å². The highest BCUT2D eigenvalue weighted by Gasteiger charge is 2.09. The molecule has 46 valence electrons. The second-order valence-corrected chi connectivity index (χ2v) is 2.13. The van der Waals surface area contributed by atoms with E-state index in [1.807, 2.05) is 12.2 Å². The summed E-state index contributed by atoms with van der Waals surface area (Å²) in [6.07, 6.45) is 6.10. The average Bonchev–Trinajstić information content (AvgIpc) is 2.33. The highest BCUT2D eigenvalue weighted by Crippen LogP contribution is 2.07. The van der Waals surface area contributed by atoms with Crippen LogP contribution in [0.25, 0.3) is 0 Å². The molecule has 2 heteroatoms. The lowest BCUT2D eigenvalue weighted by molar-refractivity contribution is 0.799. The quantitative estimate of drug-likeness (QED) is 0.494. The minimum absolute atomic E-state index is 0.914. The Bertz CT molecular complexity index is 211. The van der Waals surface area contributed by atoms with Gasteiger partial charge >= 0.3 is 0 Å². The molecule has 2 rings (SSSR count). The SMILES string of the molecule is C1=CC2=NCCNC2=C1. The van der Waals surface area contributed by atoms with Crippen LogP contribution in [0.2, 0.25) is 0 Å². The number of aliphatic imine (C=N–C) groups is 1. The van der Waals surface area contributed by atoms with E-state index >= 15 is 0 Å². The Morgan fingerprint density at radius 2 is 2.56 bits per heavy atom. The third-order valence-corrected chi connectivity index (χ3v) is 1.50. The molecule has 0 aromatic carbocycles. The Balaban J connectivity index is 2.38. The first kappa shape index (κ1) is 4.79. The fraction of sp³-hybridized carbons (Fsp3) is 0.286.